The molecule has 140 valence electrons. The number of amides is 1. The minimum Gasteiger partial charge on any atom is -0.454 e. The molecule has 2 aromatic rings. The predicted molar refractivity (Wildman–Crippen MR) is 103 cm³/mol. The molecule has 0 N–H and O–H groups in total. The SMILES string of the molecule is O=C(CC(c1ccccc1)C1CC1)N1CCC(c2ccc3c(c2)OCO3)C1. The summed E-state index contributed by atoms with van der Waals surface area (Å²) in [4.78, 5) is 15.1. The highest BCUT2D eigenvalue weighted by molar-refractivity contribution is 5.77. The second-order valence-electron chi connectivity index (χ2n) is 8.00. The first-order chi connectivity index (χ1) is 13.3. The van der Waals surface area contributed by atoms with Gasteiger partial charge in [0, 0.05) is 25.4 Å². The molecule has 2 aromatic carbocycles. The number of likely N-dealkylation sites (tertiary alicyclic amines) is 1. The summed E-state index contributed by atoms with van der Waals surface area (Å²) in [6.07, 6.45) is 4.17. The number of hydrogen-bond acceptors (Lipinski definition) is 3. The summed E-state index contributed by atoms with van der Waals surface area (Å²) < 4.78 is 10.9. The maximum atomic E-state index is 13.0. The van der Waals surface area contributed by atoms with Gasteiger partial charge in [-0.25, -0.2) is 0 Å². The summed E-state index contributed by atoms with van der Waals surface area (Å²) in [6, 6.07) is 16.8. The summed E-state index contributed by atoms with van der Waals surface area (Å²) in [5.41, 5.74) is 2.57. The van der Waals surface area contributed by atoms with Crippen LogP contribution in [0.5, 0.6) is 11.5 Å². The zero-order valence-corrected chi connectivity index (χ0v) is 15.5. The Balaban J connectivity index is 1.25. The lowest BCUT2D eigenvalue weighted by molar-refractivity contribution is -0.130. The number of carbonyl (C=O) groups is 1. The third kappa shape index (κ3) is 3.41. The molecule has 2 heterocycles. The maximum absolute atomic E-state index is 13.0. The van der Waals surface area contributed by atoms with Crippen LogP contribution in [0.4, 0.5) is 0 Å². The highest BCUT2D eigenvalue weighted by Crippen LogP contribution is 2.45. The third-order valence-electron chi connectivity index (χ3n) is 6.22. The maximum Gasteiger partial charge on any atom is 0.231 e. The van der Waals surface area contributed by atoms with E-state index in [1.165, 1.54) is 24.0 Å². The Hall–Kier alpha value is -2.49. The number of hydrogen-bond donors (Lipinski definition) is 0. The van der Waals surface area contributed by atoms with E-state index in [0.717, 1.165) is 31.0 Å². The summed E-state index contributed by atoms with van der Waals surface area (Å²) in [5, 5.41) is 0. The minimum absolute atomic E-state index is 0.302. The lowest BCUT2D eigenvalue weighted by Crippen LogP contribution is -2.30. The highest BCUT2D eigenvalue weighted by atomic mass is 16.7. The Kier molecular flexibility index (Phi) is 4.27. The standard InChI is InChI=1S/C23H25NO3/c25-23(13-20(17-6-7-17)16-4-2-1-3-5-16)24-11-10-19(14-24)18-8-9-21-22(12-18)27-15-26-21/h1-5,8-9,12,17,19-20H,6-7,10-11,13-15H2. The van der Waals surface area contributed by atoms with E-state index in [0.29, 0.717) is 36.9 Å². The summed E-state index contributed by atoms with van der Waals surface area (Å²) in [6.45, 7) is 1.96. The Labute approximate surface area is 160 Å². The molecule has 1 aliphatic carbocycles. The molecular formula is C23H25NO3. The zero-order valence-electron chi connectivity index (χ0n) is 15.5. The van der Waals surface area contributed by atoms with Gasteiger partial charge in [-0.05, 0) is 54.4 Å². The molecule has 2 fully saturated rings. The molecule has 1 amide bonds. The van der Waals surface area contributed by atoms with Crippen LogP contribution >= 0.6 is 0 Å². The lowest BCUT2D eigenvalue weighted by Gasteiger charge is -2.22. The van der Waals surface area contributed by atoms with Crippen molar-refractivity contribution in [3.63, 3.8) is 0 Å². The van der Waals surface area contributed by atoms with E-state index in [9.17, 15) is 4.79 Å². The molecule has 2 aliphatic heterocycles. The molecule has 4 heteroatoms. The van der Waals surface area contributed by atoms with E-state index in [2.05, 4.69) is 41.3 Å². The van der Waals surface area contributed by atoms with E-state index in [1.807, 2.05) is 12.1 Å². The van der Waals surface area contributed by atoms with Crippen LogP contribution in [0.25, 0.3) is 0 Å². The summed E-state index contributed by atoms with van der Waals surface area (Å²) in [5.74, 6) is 3.40. The van der Waals surface area contributed by atoms with E-state index in [4.69, 9.17) is 9.47 Å². The molecule has 5 rings (SSSR count). The number of carbonyl (C=O) groups excluding carboxylic acids is 1. The minimum atomic E-state index is 0.302. The van der Waals surface area contributed by atoms with E-state index in [1.54, 1.807) is 0 Å². The first-order valence-corrected chi connectivity index (χ1v) is 10.00. The number of rotatable bonds is 5. The molecule has 0 spiro atoms. The van der Waals surface area contributed by atoms with Crippen molar-refractivity contribution in [1.82, 2.24) is 4.90 Å². The van der Waals surface area contributed by atoms with Crippen molar-refractivity contribution in [2.24, 2.45) is 5.92 Å². The van der Waals surface area contributed by atoms with Gasteiger partial charge >= 0.3 is 0 Å². The van der Waals surface area contributed by atoms with Crippen LogP contribution in [-0.2, 0) is 4.79 Å². The number of nitrogens with zero attached hydrogens (tertiary/aromatic N) is 1. The van der Waals surface area contributed by atoms with Crippen molar-refractivity contribution in [2.45, 2.75) is 37.5 Å². The molecule has 3 aliphatic rings. The van der Waals surface area contributed by atoms with Crippen LogP contribution in [0.15, 0.2) is 48.5 Å². The Bertz CT molecular complexity index is 831. The van der Waals surface area contributed by atoms with Gasteiger partial charge in [-0.3, -0.25) is 4.79 Å². The fraction of sp³-hybridized carbons (Fsp3) is 0.435. The van der Waals surface area contributed by atoms with Crippen molar-refractivity contribution >= 4 is 5.91 Å². The van der Waals surface area contributed by atoms with Crippen LogP contribution in [0.1, 0.15) is 48.6 Å². The average molecular weight is 363 g/mol. The molecule has 1 saturated carbocycles. The fourth-order valence-corrected chi connectivity index (χ4v) is 4.50. The van der Waals surface area contributed by atoms with Crippen molar-refractivity contribution < 1.29 is 14.3 Å². The number of ether oxygens (including phenoxy) is 2. The largest absolute Gasteiger partial charge is 0.454 e. The molecule has 4 nitrogen and oxygen atoms in total. The lowest BCUT2D eigenvalue weighted by atomic mass is 9.90. The molecule has 2 atom stereocenters. The van der Waals surface area contributed by atoms with Crippen LogP contribution in [-0.4, -0.2) is 30.7 Å². The van der Waals surface area contributed by atoms with Gasteiger partial charge in [0.15, 0.2) is 11.5 Å². The highest BCUT2D eigenvalue weighted by Gasteiger charge is 2.36. The molecule has 0 bridgehead atoms. The van der Waals surface area contributed by atoms with Crippen molar-refractivity contribution in [2.75, 3.05) is 19.9 Å². The number of fused-ring (bicyclic) bond motifs is 1. The average Bonchev–Trinajstić information content (AvgIpc) is 3.23. The first kappa shape index (κ1) is 16.7. The zero-order chi connectivity index (χ0) is 18.2. The Morgan fingerprint density at radius 3 is 2.67 bits per heavy atom. The van der Waals surface area contributed by atoms with Crippen LogP contribution in [0.2, 0.25) is 0 Å². The molecule has 0 radical (unpaired) electrons. The van der Waals surface area contributed by atoms with Crippen LogP contribution in [0, 0.1) is 5.92 Å². The van der Waals surface area contributed by atoms with Gasteiger partial charge in [0.1, 0.15) is 0 Å². The van der Waals surface area contributed by atoms with E-state index in [-0.39, 0.29) is 0 Å². The van der Waals surface area contributed by atoms with Gasteiger partial charge in [0.25, 0.3) is 0 Å². The molecular weight excluding hydrogens is 338 g/mol. The fourth-order valence-electron chi connectivity index (χ4n) is 4.50. The second kappa shape index (κ2) is 6.91. The molecule has 27 heavy (non-hydrogen) atoms. The summed E-state index contributed by atoms with van der Waals surface area (Å²) >= 11 is 0. The van der Waals surface area contributed by atoms with Crippen LogP contribution < -0.4 is 9.47 Å². The Morgan fingerprint density at radius 1 is 1.04 bits per heavy atom. The van der Waals surface area contributed by atoms with Crippen molar-refractivity contribution in [1.29, 1.82) is 0 Å². The number of benzene rings is 2. The van der Waals surface area contributed by atoms with Gasteiger partial charge in [-0.1, -0.05) is 36.4 Å². The molecule has 2 unspecified atom stereocenters. The van der Waals surface area contributed by atoms with Gasteiger partial charge in [0.05, 0.1) is 0 Å². The van der Waals surface area contributed by atoms with E-state index < -0.39 is 0 Å². The monoisotopic (exact) mass is 363 g/mol. The van der Waals surface area contributed by atoms with Gasteiger partial charge in [-0.15, -0.1) is 0 Å². The predicted octanol–water partition coefficient (Wildman–Crippen LogP) is 4.32. The van der Waals surface area contributed by atoms with Crippen molar-refractivity contribution in [3.05, 3.63) is 59.7 Å². The third-order valence-corrected chi connectivity index (χ3v) is 6.22. The summed E-state index contributed by atoms with van der Waals surface area (Å²) in [7, 11) is 0. The van der Waals surface area contributed by atoms with Gasteiger partial charge < -0.3 is 14.4 Å². The molecule has 0 aromatic heterocycles. The quantitative estimate of drug-likeness (QED) is 0.794. The van der Waals surface area contributed by atoms with Gasteiger partial charge in [-0.2, -0.15) is 0 Å². The molecule has 1 saturated heterocycles. The Morgan fingerprint density at radius 2 is 1.85 bits per heavy atom. The van der Waals surface area contributed by atoms with Crippen molar-refractivity contribution in [3.8, 4) is 11.5 Å². The van der Waals surface area contributed by atoms with E-state index >= 15 is 0 Å². The van der Waals surface area contributed by atoms with Gasteiger partial charge in [0.2, 0.25) is 12.7 Å². The topological polar surface area (TPSA) is 38.8 Å². The first-order valence-electron chi connectivity index (χ1n) is 10.00. The normalized spacial score (nSPS) is 22.1. The second-order valence-corrected chi connectivity index (χ2v) is 8.00. The smallest absolute Gasteiger partial charge is 0.231 e. The van der Waals surface area contributed by atoms with Crippen LogP contribution in [0.3, 0.4) is 0 Å².